The van der Waals surface area contributed by atoms with E-state index in [1.165, 1.54) is 5.69 Å². The number of nitrogens with zero attached hydrogens (tertiary/aromatic N) is 1. The van der Waals surface area contributed by atoms with E-state index in [1.807, 2.05) is 25.1 Å². The number of hydrogen-bond acceptors (Lipinski definition) is 2. The fraction of sp³-hybridized carbons (Fsp3) is 0.357. The first-order chi connectivity index (χ1) is 7.71. The number of rotatable bonds is 5. The van der Waals surface area contributed by atoms with Crippen LogP contribution in [0.1, 0.15) is 26.3 Å². The average molecular weight is 217 g/mol. The summed E-state index contributed by atoms with van der Waals surface area (Å²) < 4.78 is 0. The molecule has 1 aromatic carbocycles. The fourth-order valence-electron chi connectivity index (χ4n) is 1.67. The van der Waals surface area contributed by atoms with Gasteiger partial charge in [0.1, 0.15) is 6.29 Å². The van der Waals surface area contributed by atoms with Gasteiger partial charge >= 0.3 is 0 Å². The molecule has 0 bridgehead atoms. The van der Waals surface area contributed by atoms with Crippen LogP contribution in [0.2, 0.25) is 0 Å². The normalized spacial score (nSPS) is 11.3. The Hall–Kier alpha value is -1.57. The lowest BCUT2D eigenvalue weighted by Crippen LogP contribution is -2.21. The maximum Gasteiger partial charge on any atom is 0.145 e. The molecular weight excluding hydrogens is 198 g/mol. The molecule has 1 rings (SSSR count). The van der Waals surface area contributed by atoms with Crippen LogP contribution in [0.3, 0.4) is 0 Å². The molecule has 0 amide bonds. The predicted octanol–water partition coefficient (Wildman–Crippen LogP) is 3.14. The molecule has 0 fully saturated rings. The Morgan fingerprint density at radius 1 is 1.19 bits per heavy atom. The van der Waals surface area contributed by atoms with E-state index in [0.29, 0.717) is 0 Å². The van der Waals surface area contributed by atoms with Crippen molar-refractivity contribution in [3.63, 3.8) is 0 Å². The number of hydrogen-bond donors (Lipinski definition) is 0. The quantitative estimate of drug-likeness (QED) is 0.558. The second kappa shape index (κ2) is 6.11. The highest BCUT2D eigenvalue weighted by Gasteiger charge is 2.00. The summed E-state index contributed by atoms with van der Waals surface area (Å²) in [6.45, 7) is 8.13. The fourth-order valence-corrected chi connectivity index (χ4v) is 1.67. The highest BCUT2D eigenvalue weighted by atomic mass is 16.1. The van der Waals surface area contributed by atoms with Crippen molar-refractivity contribution in [2.75, 3.05) is 18.0 Å². The van der Waals surface area contributed by atoms with Crippen LogP contribution >= 0.6 is 0 Å². The lowest BCUT2D eigenvalue weighted by Gasteiger charge is -2.20. The zero-order valence-corrected chi connectivity index (χ0v) is 10.2. The third-order valence-corrected chi connectivity index (χ3v) is 2.60. The molecule has 2 heteroatoms. The molecular formula is C14H19NO. The molecule has 1 aromatic rings. The van der Waals surface area contributed by atoms with Crippen LogP contribution in [-0.2, 0) is 4.79 Å². The maximum absolute atomic E-state index is 10.5. The molecule has 0 spiro atoms. The van der Waals surface area contributed by atoms with Crippen LogP contribution in [-0.4, -0.2) is 19.4 Å². The van der Waals surface area contributed by atoms with Gasteiger partial charge in [0, 0.05) is 18.8 Å². The first kappa shape index (κ1) is 12.5. The number of allylic oxidation sites excluding steroid dienone is 1. The van der Waals surface area contributed by atoms with Crippen LogP contribution < -0.4 is 4.90 Å². The van der Waals surface area contributed by atoms with E-state index in [0.717, 1.165) is 30.5 Å². The highest BCUT2D eigenvalue weighted by molar-refractivity contribution is 5.80. The molecule has 0 aliphatic rings. The molecule has 86 valence electrons. The topological polar surface area (TPSA) is 20.3 Å². The van der Waals surface area contributed by atoms with E-state index >= 15 is 0 Å². The first-order valence-electron chi connectivity index (χ1n) is 5.69. The lowest BCUT2D eigenvalue weighted by atomic mass is 10.1. The summed E-state index contributed by atoms with van der Waals surface area (Å²) in [6, 6.07) is 8.27. The van der Waals surface area contributed by atoms with Crippen molar-refractivity contribution in [1.29, 1.82) is 0 Å². The summed E-state index contributed by atoms with van der Waals surface area (Å²) in [7, 11) is 0. The molecule has 0 heterocycles. The lowest BCUT2D eigenvalue weighted by molar-refractivity contribution is -0.104. The van der Waals surface area contributed by atoms with Crippen LogP contribution in [0.25, 0.3) is 6.08 Å². The van der Waals surface area contributed by atoms with Gasteiger partial charge in [-0.1, -0.05) is 12.1 Å². The minimum absolute atomic E-state index is 0.746. The molecule has 0 aromatic heterocycles. The van der Waals surface area contributed by atoms with Gasteiger partial charge in [0.25, 0.3) is 0 Å². The van der Waals surface area contributed by atoms with Gasteiger partial charge in [0.15, 0.2) is 0 Å². The SMILES string of the molecule is CCN(CC)c1ccc(C=C(C)C=O)cc1. The smallest absolute Gasteiger partial charge is 0.145 e. The van der Waals surface area contributed by atoms with Gasteiger partial charge in [-0.3, -0.25) is 4.79 Å². The van der Waals surface area contributed by atoms with Crippen LogP contribution in [0.4, 0.5) is 5.69 Å². The Kier molecular flexibility index (Phi) is 4.77. The molecule has 0 saturated carbocycles. The van der Waals surface area contributed by atoms with Gasteiger partial charge in [-0.25, -0.2) is 0 Å². The molecule has 16 heavy (non-hydrogen) atoms. The van der Waals surface area contributed by atoms with E-state index in [9.17, 15) is 4.79 Å². The van der Waals surface area contributed by atoms with Crippen LogP contribution in [0.5, 0.6) is 0 Å². The molecule has 0 radical (unpaired) electrons. The third kappa shape index (κ3) is 3.23. The van der Waals surface area contributed by atoms with Crippen molar-refractivity contribution in [3.8, 4) is 0 Å². The molecule has 0 N–H and O–H groups in total. The molecule has 0 aliphatic heterocycles. The molecule has 0 unspecified atom stereocenters. The zero-order chi connectivity index (χ0) is 12.0. The molecule has 0 saturated heterocycles. The van der Waals surface area contributed by atoms with Crippen molar-refractivity contribution < 1.29 is 4.79 Å². The van der Waals surface area contributed by atoms with E-state index < -0.39 is 0 Å². The van der Waals surface area contributed by atoms with Gasteiger partial charge < -0.3 is 4.90 Å². The van der Waals surface area contributed by atoms with Gasteiger partial charge in [-0.2, -0.15) is 0 Å². The highest BCUT2D eigenvalue weighted by Crippen LogP contribution is 2.16. The van der Waals surface area contributed by atoms with Crippen LogP contribution in [0.15, 0.2) is 29.8 Å². The zero-order valence-electron chi connectivity index (χ0n) is 10.2. The van der Waals surface area contributed by atoms with E-state index in [2.05, 4.69) is 30.9 Å². The van der Waals surface area contributed by atoms with Crippen molar-refractivity contribution in [2.24, 2.45) is 0 Å². The Balaban J connectivity index is 2.86. The molecule has 0 aliphatic carbocycles. The second-order valence-corrected chi connectivity index (χ2v) is 3.77. The number of benzene rings is 1. The van der Waals surface area contributed by atoms with Crippen molar-refractivity contribution in [2.45, 2.75) is 20.8 Å². The van der Waals surface area contributed by atoms with E-state index in [-0.39, 0.29) is 0 Å². The third-order valence-electron chi connectivity index (χ3n) is 2.60. The maximum atomic E-state index is 10.5. The molecule has 0 atom stereocenters. The summed E-state index contributed by atoms with van der Waals surface area (Å²) >= 11 is 0. The minimum atomic E-state index is 0.746. The Labute approximate surface area is 97.6 Å². The molecule has 2 nitrogen and oxygen atoms in total. The van der Waals surface area contributed by atoms with Crippen LogP contribution in [0, 0.1) is 0 Å². The van der Waals surface area contributed by atoms with E-state index in [4.69, 9.17) is 0 Å². The predicted molar refractivity (Wildman–Crippen MR) is 69.7 cm³/mol. The average Bonchev–Trinajstić information content (AvgIpc) is 2.32. The number of carbonyl (C=O) groups is 1. The van der Waals surface area contributed by atoms with Gasteiger partial charge in [0.05, 0.1) is 0 Å². The van der Waals surface area contributed by atoms with Crippen molar-refractivity contribution in [3.05, 3.63) is 35.4 Å². The Morgan fingerprint density at radius 2 is 1.75 bits per heavy atom. The summed E-state index contributed by atoms with van der Waals surface area (Å²) in [6.07, 6.45) is 2.76. The van der Waals surface area contributed by atoms with Gasteiger partial charge in [-0.15, -0.1) is 0 Å². The number of carbonyl (C=O) groups excluding carboxylic acids is 1. The van der Waals surface area contributed by atoms with Gasteiger partial charge in [-0.05, 0) is 50.1 Å². The summed E-state index contributed by atoms with van der Waals surface area (Å²) in [5, 5.41) is 0. The summed E-state index contributed by atoms with van der Waals surface area (Å²) in [5.41, 5.74) is 3.04. The second-order valence-electron chi connectivity index (χ2n) is 3.77. The Morgan fingerprint density at radius 3 is 2.19 bits per heavy atom. The largest absolute Gasteiger partial charge is 0.372 e. The van der Waals surface area contributed by atoms with Crippen molar-refractivity contribution in [1.82, 2.24) is 0 Å². The number of anilines is 1. The van der Waals surface area contributed by atoms with E-state index in [1.54, 1.807) is 0 Å². The first-order valence-corrected chi connectivity index (χ1v) is 5.69. The minimum Gasteiger partial charge on any atom is -0.372 e. The Bertz CT molecular complexity index is 361. The summed E-state index contributed by atoms with van der Waals surface area (Å²) in [5.74, 6) is 0. The summed E-state index contributed by atoms with van der Waals surface area (Å²) in [4.78, 5) is 12.8. The standard InChI is InChI=1S/C14H19NO/c1-4-15(5-2)14-8-6-13(7-9-14)10-12(3)11-16/h6-11H,4-5H2,1-3H3. The number of aldehydes is 1. The van der Waals surface area contributed by atoms with Crippen molar-refractivity contribution >= 4 is 18.0 Å². The monoisotopic (exact) mass is 217 g/mol. The van der Waals surface area contributed by atoms with Gasteiger partial charge in [0.2, 0.25) is 0 Å².